The average molecular weight is 278 g/mol. The molecule has 7 heteroatoms. The molecule has 0 aromatic rings. The molecule has 1 aliphatic rings. The SMILES string of the molecule is CC(C)(C)OC(=O)N1CCC(C#N)(C(F)(F)F)CC1. The molecule has 19 heavy (non-hydrogen) atoms. The van der Waals surface area contributed by atoms with Crippen LogP contribution in [-0.4, -0.2) is 35.9 Å². The van der Waals surface area contributed by atoms with E-state index >= 15 is 0 Å². The number of hydrogen-bond donors (Lipinski definition) is 0. The van der Waals surface area contributed by atoms with Gasteiger partial charge < -0.3 is 9.64 Å². The molecule has 1 heterocycles. The third-order valence-electron chi connectivity index (χ3n) is 3.03. The van der Waals surface area contributed by atoms with Crippen LogP contribution in [0.1, 0.15) is 33.6 Å². The maximum Gasteiger partial charge on any atom is 0.410 e. The highest BCUT2D eigenvalue weighted by molar-refractivity contribution is 5.68. The molecule has 1 fully saturated rings. The Labute approximate surface area is 110 Å². The highest BCUT2D eigenvalue weighted by Gasteiger charge is 2.56. The number of nitriles is 1. The molecule has 0 aliphatic carbocycles. The summed E-state index contributed by atoms with van der Waals surface area (Å²) in [5.74, 6) is 0. The topological polar surface area (TPSA) is 53.3 Å². The number of rotatable bonds is 0. The second-order valence-electron chi connectivity index (χ2n) is 5.66. The van der Waals surface area contributed by atoms with E-state index in [4.69, 9.17) is 10.00 Å². The largest absolute Gasteiger partial charge is 0.444 e. The minimum atomic E-state index is -4.57. The van der Waals surface area contributed by atoms with Gasteiger partial charge in [-0.1, -0.05) is 0 Å². The van der Waals surface area contributed by atoms with Crippen molar-refractivity contribution in [3.05, 3.63) is 0 Å². The summed E-state index contributed by atoms with van der Waals surface area (Å²) < 4.78 is 43.6. The number of piperidine rings is 1. The minimum absolute atomic E-state index is 0.123. The van der Waals surface area contributed by atoms with Gasteiger partial charge in [0.25, 0.3) is 0 Å². The van der Waals surface area contributed by atoms with Crippen molar-refractivity contribution >= 4 is 6.09 Å². The lowest BCUT2D eigenvalue weighted by Gasteiger charge is -2.38. The molecular formula is C12H17F3N2O2. The highest BCUT2D eigenvalue weighted by atomic mass is 19.4. The zero-order valence-electron chi connectivity index (χ0n) is 11.2. The van der Waals surface area contributed by atoms with Crippen molar-refractivity contribution in [2.45, 2.75) is 45.4 Å². The maximum absolute atomic E-state index is 12.8. The predicted molar refractivity (Wildman–Crippen MR) is 61.1 cm³/mol. The first kappa shape index (κ1) is 15.6. The quantitative estimate of drug-likeness (QED) is 0.684. The van der Waals surface area contributed by atoms with Crippen molar-refractivity contribution in [3.8, 4) is 6.07 Å². The Kier molecular flexibility index (Phi) is 4.03. The molecule has 1 aliphatic heterocycles. The van der Waals surface area contributed by atoms with Gasteiger partial charge in [-0.15, -0.1) is 0 Å². The van der Waals surface area contributed by atoms with E-state index in [1.807, 2.05) is 0 Å². The van der Waals surface area contributed by atoms with Gasteiger partial charge in [-0.2, -0.15) is 18.4 Å². The van der Waals surface area contributed by atoms with Crippen LogP contribution in [0.2, 0.25) is 0 Å². The molecule has 1 rings (SSSR count). The summed E-state index contributed by atoms with van der Waals surface area (Å²) in [6.07, 6.45) is -6.03. The lowest BCUT2D eigenvalue weighted by Crippen LogP contribution is -2.49. The monoisotopic (exact) mass is 278 g/mol. The first-order valence-corrected chi connectivity index (χ1v) is 5.97. The van der Waals surface area contributed by atoms with Crippen LogP contribution in [0.15, 0.2) is 0 Å². The number of halogens is 3. The van der Waals surface area contributed by atoms with E-state index in [-0.39, 0.29) is 13.1 Å². The maximum atomic E-state index is 12.8. The van der Waals surface area contributed by atoms with E-state index in [0.717, 1.165) is 0 Å². The number of hydrogen-bond acceptors (Lipinski definition) is 3. The number of carbonyl (C=O) groups is 1. The Morgan fingerprint density at radius 1 is 1.26 bits per heavy atom. The molecule has 0 atom stereocenters. The number of alkyl halides is 3. The Hall–Kier alpha value is -1.45. The first-order valence-electron chi connectivity index (χ1n) is 5.97. The van der Waals surface area contributed by atoms with Gasteiger partial charge in [-0.05, 0) is 33.6 Å². The lowest BCUT2D eigenvalue weighted by atomic mass is 9.79. The molecule has 0 N–H and O–H groups in total. The Morgan fingerprint density at radius 3 is 2.05 bits per heavy atom. The van der Waals surface area contributed by atoms with Gasteiger partial charge in [0.15, 0.2) is 5.41 Å². The molecule has 0 aromatic carbocycles. The normalized spacial score (nSPS) is 19.7. The van der Waals surface area contributed by atoms with Gasteiger partial charge in [0.2, 0.25) is 0 Å². The van der Waals surface area contributed by atoms with Crippen LogP contribution in [0, 0.1) is 16.7 Å². The molecule has 0 radical (unpaired) electrons. The Morgan fingerprint density at radius 2 is 1.74 bits per heavy atom. The molecule has 0 saturated carbocycles. The molecule has 1 saturated heterocycles. The zero-order valence-corrected chi connectivity index (χ0v) is 11.2. The number of ether oxygens (including phenoxy) is 1. The first-order chi connectivity index (χ1) is 8.51. The number of amides is 1. The minimum Gasteiger partial charge on any atom is -0.444 e. The smallest absolute Gasteiger partial charge is 0.410 e. The second-order valence-corrected chi connectivity index (χ2v) is 5.66. The van der Waals surface area contributed by atoms with Crippen molar-refractivity contribution in [3.63, 3.8) is 0 Å². The summed E-state index contributed by atoms with van der Waals surface area (Å²) in [4.78, 5) is 12.9. The van der Waals surface area contributed by atoms with E-state index in [2.05, 4.69) is 0 Å². The van der Waals surface area contributed by atoms with Crippen molar-refractivity contribution in [2.24, 2.45) is 5.41 Å². The van der Waals surface area contributed by atoms with E-state index in [1.54, 1.807) is 20.8 Å². The van der Waals surface area contributed by atoms with Crippen LogP contribution in [0.4, 0.5) is 18.0 Å². The van der Waals surface area contributed by atoms with Gasteiger partial charge in [-0.25, -0.2) is 4.79 Å². The van der Waals surface area contributed by atoms with Crippen molar-refractivity contribution in [2.75, 3.05) is 13.1 Å². The van der Waals surface area contributed by atoms with Gasteiger partial charge >= 0.3 is 12.3 Å². The average Bonchev–Trinajstić information content (AvgIpc) is 2.25. The zero-order chi connectivity index (χ0) is 14.9. The van der Waals surface area contributed by atoms with Gasteiger partial charge in [-0.3, -0.25) is 0 Å². The van der Waals surface area contributed by atoms with Gasteiger partial charge in [0, 0.05) is 13.1 Å². The van der Waals surface area contributed by atoms with Crippen LogP contribution in [0.25, 0.3) is 0 Å². The lowest BCUT2D eigenvalue weighted by molar-refractivity contribution is -0.214. The van der Waals surface area contributed by atoms with Gasteiger partial charge in [0.1, 0.15) is 5.60 Å². The van der Waals surface area contributed by atoms with E-state index in [0.29, 0.717) is 0 Å². The standard InChI is InChI=1S/C12H17F3N2O2/c1-10(2,3)19-9(18)17-6-4-11(8-16,5-7-17)12(13,14)15/h4-7H2,1-3H3. The molecule has 0 bridgehead atoms. The van der Waals surface area contributed by atoms with E-state index in [1.165, 1.54) is 11.0 Å². The fourth-order valence-electron chi connectivity index (χ4n) is 1.86. The Balaban J connectivity index is 2.68. The number of nitrogens with zero attached hydrogens (tertiary/aromatic N) is 2. The fourth-order valence-corrected chi connectivity index (χ4v) is 1.86. The van der Waals surface area contributed by atoms with Crippen LogP contribution >= 0.6 is 0 Å². The summed E-state index contributed by atoms with van der Waals surface area (Å²) in [6, 6.07) is 1.36. The summed E-state index contributed by atoms with van der Waals surface area (Å²) >= 11 is 0. The van der Waals surface area contributed by atoms with E-state index in [9.17, 15) is 18.0 Å². The fraction of sp³-hybridized carbons (Fsp3) is 0.833. The Bertz CT molecular complexity index is 385. The van der Waals surface area contributed by atoms with Crippen molar-refractivity contribution in [1.29, 1.82) is 5.26 Å². The third-order valence-corrected chi connectivity index (χ3v) is 3.03. The van der Waals surface area contributed by atoms with Crippen LogP contribution in [0.5, 0.6) is 0 Å². The number of carbonyl (C=O) groups excluding carboxylic acids is 1. The molecule has 1 amide bonds. The molecule has 0 spiro atoms. The summed E-state index contributed by atoms with van der Waals surface area (Å²) in [7, 11) is 0. The molecular weight excluding hydrogens is 261 g/mol. The highest BCUT2D eigenvalue weighted by Crippen LogP contribution is 2.45. The second kappa shape index (κ2) is 4.91. The predicted octanol–water partition coefficient (Wildman–Crippen LogP) is 3.09. The van der Waals surface area contributed by atoms with Crippen LogP contribution < -0.4 is 0 Å². The van der Waals surface area contributed by atoms with Crippen molar-refractivity contribution < 1.29 is 22.7 Å². The molecule has 0 unspecified atom stereocenters. The summed E-state index contributed by atoms with van der Waals surface area (Å²) in [5, 5.41) is 8.78. The van der Waals surface area contributed by atoms with Crippen molar-refractivity contribution in [1.82, 2.24) is 4.90 Å². The van der Waals surface area contributed by atoms with Gasteiger partial charge in [0.05, 0.1) is 6.07 Å². The van der Waals surface area contributed by atoms with Crippen LogP contribution in [-0.2, 0) is 4.74 Å². The van der Waals surface area contributed by atoms with Crippen LogP contribution in [0.3, 0.4) is 0 Å². The molecule has 4 nitrogen and oxygen atoms in total. The number of likely N-dealkylation sites (tertiary alicyclic amines) is 1. The summed E-state index contributed by atoms with van der Waals surface area (Å²) in [6.45, 7) is 4.81. The van der Waals surface area contributed by atoms with E-state index < -0.39 is 36.1 Å². The molecule has 0 aromatic heterocycles. The molecule has 108 valence electrons. The summed E-state index contributed by atoms with van der Waals surface area (Å²) in [5.41, 5.74) is -3.03. The third kappa shape index (κ3) is 3.52.